The molecule has 2 N–H and O–H groups in total. The molecular weight excluding hydrogens is 265 g/mol. The van der Waals surface area contributed by atoms with E-state index >= 15 is 0 Å². The third-order valence-corrected chi connectivity index (χ3v) is 6.69. The van der Waals surface area contributed by atoms with Gasteiger partial charge in [0.25, 0.3) is 0 Å². The molecule has 20 heavy (non-hydrogen) atoms. The van der Waals surface area contributed by atoms with Gasteiger partial charge in [0.2, 0.25) is 0 Å². The molecule has 0 radical (unpaired) electrons. The Hall–Kier alpha value is -1.53. The Labute approximate surface area is 121 Å². The molecule has 3 rings (SSSR count). The smallest absolute Gasteiger partial charge is 0.128 e. The van der Waals surface area contributed by atoms with Gasteiger partial charge in [0.1, 0.15) is 12.1 Å². The van der Waals surface area contributed by atoms with Gasteiger partial charge in [-0.25, -0.2) is 0 Å². The van der Waals surface area contributed by atoms with Gasteiger partial charge >= 0.3 is 0 Å². The Kier molecular flexibility index (Phi) is 3.22. The van der Waals surface area contributed by atoms with Crippen molar-refractivity contribution in [1.82, 2.24) is 0 Å². The number of benzene rings is 2. The minimum atomic E-state index is -0.337. The number of hydrogen-bond donors (Lipinski definition) is 1. The second-order valence-corrected chi connectivity index (χ2v) is 9.01. The van der Waals surface area contributed by atoms with E-state index in [2.05, 4.69) is 45.0 Å². The van der Waals surface area contributed by atoms with Crippen LogP contribution in [-0.4, -0.2) is 11.5 Å². The molecule has 0 saturated heterocycles. The predicted octanol–water partition coefficient (Wildman–Crippen LogP) is 4.19. The molecule has 1 aliphatic heterocycles. The van der Waals surface area contributed by atoms with Crippen molar-refractivity contribution in [3.63, 3.8) is 0 Å². The fourth-order valence-corrected chi connectivity index (χ4v) is 4.95. The topological polar surface area (TPSA) is 35.2 Å². The Bertz CT molecular complexity index is 646. The largest absolute Gasteiger partial charge is 0.488 e. The third-order valence-electron chi connectivity index (χ3n) is 3.68. The van der Waals surface area contributed by atoms with Crippen LogP contribution < -0.4 is 15.8 Å². The first kappa shape index (κ1) is 13.5. The van der Waals surface area contributed by atoms with Gasteiger partial charge in [0.15, 0.2) is 0 Å². The molecule has 2 nitrogen and oxygen atoms in total. The number of para-hydroxylation sites is 1. The van der Waals surface area contributed by atoms with Crippen LogP contribution in [0.5, 0.6) is 5.75 Å². The summed E-state index contributed by atoms with van der Waals surface area (Å²) in [7, 11) is -0.337. The van der Waals surface area contributed by atoms with Gasteiger partial charge < -0.3 is 10.5 Å². The normalized spacial score (nSPS) is 17.6. The highest BCUT2D eigenvalue weighted by atomic mass is 31.1. The highest BCUT2D eigenvalue weighted by molar-refractivity contribution is 7.67. The summed E-state index contributed by atoms with van der Waals surface area (Å²) in [6.07, 6.45) is 0.817. The van der Waals surface area contributed by atoms with E-state index in [1.54, 1.807) is 0 Å². The summed E-state index contributed by atoms with van der Waals surface area (Å²) in [5.74, 6) is 1.03. The second kappa shape index (κ2) is 4.79. The first-order valence-electron chi connectivity index (χ1n) is 6.87. The summed E-state index contributed by atoms with van der Waals surface area (Å²) in [6.45, 7) is 6.88. The van der Waals surface area contributed by atoms with Crippen LogP contribution in [0.15, 0.2) is 42.5 Å². The molecule has 0 saturated carbocycles. The van der Waals surface area contributed by atoms with E-state index < -0.39 is 0 Å². The SMILES string of the molecule is CC(C)(C)P1COc2cccc(-c3ccccc3N)c21. The standard InChI is InChI=1S/C17H20NOP/c1-17(2,3)20-11-19-15-10-6-8-13(16(15)20)12-7-4-5-9-14(12)18/h4-10H,11,18H2,1-3H3. The number of rotatable bonds is 1. The Morgan fingerprint density at radius 2 is 1.70 bits per heavy atom. The molecule has 104 valence electrons. The van der Waals surface area contributed by atoms with Gasteiger partial charge in [-0.3, -0.25) is 0 Å². The van der Waals surface area contributed by atoms with Crippen LogP contribution in [0.4, 0.5) is 5.69 Å². The summed E-state index contributed by atoms with van der Waals surface area (Å²) in [4.78, 5) is 0. The van der Waals surface area contributed by atoms with Crippen LogP contribution in [0.25, 0.3) is 11.1 Å². The number of ether oxygens (including phenoxy) is 1. The van der Waals surface area contributed by atoms with E-state index in [1.807, 2.05) is 18.2 Å². The Morgan fingerprint density at radius 1 is 1.00 bits per heavy atom. The van der Waals surface area contributed by atoms with Crippen LogP contribution in [-0.2, 0) is 0 Å². The van der Waals surface area contributed by atoms with Crippen LogP contribution >= 0.6 is 7.92 Å². The molecule has 0 bridgehead atoms. The lowest BCUT2D eigenvalue weighted by atomic mass is 10.0. The van der Waals surface area contributed by atoms with E-state index in [0.717, 1.165) is 23.3 Å². The summed E-state index contributed by atoms with van der Waals surface area (Å²) in [5.41, 5.74) is 9.35. The maximum atomic E-state index is 6.17. The average Bonchev–Trinajstić information content (AvgIpc) is 2.83. The number of nitrogens with two attached hydrogens (primary N) is 1. The molecule has 0 amide bonds. The molecule has 2 aromatic rings. The van der Waals surface area contributed by atoms with Crippen LogP contribution in [0.2, 0.25) is 0 Å². The monoisotopic (exact) mass is 285 g/mol. The zero-order valence-electron chi connectivity index (χ0n) is 12.2. The number of hydrogen-bond acceptors (Lipinski definition) is 2. The first-order chi connectivity index (χ1) is 9.48. The van der Waals surface area contributed by atoms with Crippen LogP contribution in [0, 0.1) is 0 Å². The lowest BCUT2D eigenvalue weighted by molar-refractivity contribution is 0.400. The highest BCUT2D eigenvalue weighted by Crippen LogP contribution is 2.55. The van der Waals surface area contributed by atoms with Crippen LogP contribution in [0.3, 0.4) is 0 Å². The van der Waals surface area contributed by atoms with E-state index in [0.29, 0.717) is 0 Å². The van der Waals surface area contributed by atoms with Gasteiger partial charge in [-0.2, -0.15) is 0 Å². The van der Waals surface area contributed by atoms with E-state index in [4.69, 9.17) is 10.5 Å². The molecule has 1 atom stereocenters. The van der Waals surface area contributed by atoms with Crippen molar-refractivity contribution in [3.05, 3.63) is 42.5 Å². The lowest BCUT2D eigenvalue weighted by Crippen LogP contribution is -2.19. The molecule has 3 heteroatoms. The summed E-state index contributed by atoms with van der Waals surface area (Å²) in [5, 5.41) is 1.60. The van der Waals surface area contributed by atoms with Gasteiger partial charge in [0.05, 0.1) is 0 Å². The van der Waals surface area contributed by atoms with Gasteiger partial charge in [-0.05, 0) is 30.8 Å². The fraction of sp³-hybridized carbons (Fsp3) is 0.294. The van der Waals surface area contributed by atoms with Gasteiger partial charge in [-0.15, -0.1) is 0 Å². The molecule has 1 heterocycles. The lowest BCUT2D eigenvalue weighted by Gasteiger charge is -2.27. The number of nitrogen functional groups attached to an aromatic ring is 1. The molecule has 0 aliphatic carbocycles. The van der Waals surface area contributed by atoms with Crippen molar-refractivity contribution < 1.29 is 4.74 Å². The van der Waals surface area contributed by atoms with Crippen molar-refractivity contribution in [1.29, 1.82) is 0 Å². The van der Waals surface area contributed by atoms with Crippen LogP contribution in [0.1, 0.15) is 20.8 Å². The summed E-state index contributed by atoms with van der Waals surface area (Å²) >= 11 is 0. The first-order valence-corrected chi connectivity index (χ1v) is 8.39. The fourth-order valence-electron chi connectivity index (χ4n) is 2.60. The summed E-state index contributed by atoms with van der Waals surface area (Å²) < 4.78 is 5.93. The Balaban J connectivity index is 2.21. The van der Waals surface area contributed by atoms with Crippen molar-refractivity contribution >= 4 is 18.9 Å². The van der Waals surface area contributed by atoms with E-state index in [9.17, 15) is 0 Å². The zero-order valence-corrected chi connectivity index (χ0v) is 13.1. The average molecular weight is 285 g/mol. The quantitative estimate of drug-likeness (QED) is 0.630. The molecule has 1 aliphatic rings. The van der Waals surface area contributed by atoms with E-state index in [1.165, 1.54) is 10.9 Å². The number of fused-ring (bicyclic) bond motifs is 1. The Morgan fingerprint density at radius 3 is 2.40 bits per heavy atom. The molecular formula is C17H20NOP. The molecule has 0 spiro atoms. The van der Waals surface area contributed by atoms with Crippen molar-refractivity contribution in [2.75, 3.05) is 12.1 Å². The zero-order chi connectivity index (χ0) is 14.3. The summed E-state index contributed by atoms with van der Waals surface area (Å²) in [6, 6.07) is 14.4. The van der Waals surface area contributed by atoms with Crippen molar-refractivity contribution in [2.45, 2.75) is 25.9 Å². The van der Waals surface area contributed by atoms with Crippen molar-refractivity contribution in [2.24, 2.45) is 0 Å². The minimum absolute atomic E-state index is 0.236. The maximum absolute atomic E-state index is 6.17. The number of anilines is 1. The van der Waals surface area contributed by atoms with E-state index in [-0.39, 0.29) is 13.1 Å². The predicted molar refractivity (Wildman–Crippen MR) is 88.1 cm³/mol. The van der Waals surface area contributed by atoms with Crippen molar-refractivity contribution in [3.8, 4) is 16.9 Å². The third kappa shape index (κ3) is 2.19. The molecule has 0 aromatic heterocycles. The maximum Gasteiger partial charge on any atom is 0.128 e. The minimum Gasteiger partial charge on any atom is -0.488 e. The second-order valence-electron chi connectivity index (χ2n) is 6.11. The van der Waals surface area contributed by atoms with Gasteiger partial charge in [-0.1, -0.05) is 51.1 Å². The molecule has 2 aromatic carbocycles. The molecule has 1 unspecified atom stereocenters. The van der Waals surface area contributed by atoms with Gasteiger partial charge in [0, 0.05) is 16.6 Å². The molecule has 0 fully saturated rings. The highest BCUT2D eigenvalue weighted by Gasteiger charge is 2.35.